The number of amides is 2. The number of ether oxygens (including phenoxy) is 1. The molecule has 1 heterocycles. The van der Waals surface area contributed by atoms with Gasteiger partial charge < -0.3 is 14.9 Å². The number of carbonyl (C=O) groups is 3. The Labute approximate surface area is 147 Å². The molecule has 0 fully saturated rings. The minimum atomic E-state index is -0.943. The molecule has 0 aliphatic carbocycles. The smallest absolute Gasteiger partial charge is 0.310 e. The van der Waals surface area contributed by atoms with Gasteiger partial charge in [-0.1, -0.05) is 12.1 Å². The van der Waals surface area contributed by atoms with E-state index < -0.39 is 29.1 Å². The van der Waals surface area contributed by atoms with Crippen LogP contribution >= 0.6 is 0 Å². The molecule has 2 rings (SSSR count). The first-order valence-corrected chi connectivity index (χ1v) is 7.32. The average molecular weight is 361 g/mol. The number of nitrogens with zero attached hydrogens (tertiary/aromatic N) is 1. The lowest BCUT2D eigenvalue weighted by molar-refractivity contribution is -0.385. The number of hydrogen-bond donors (Lipinski definition) is 2. The zero-order valence-electron chi connectivity index (χ0n) is 13.9. The third-order valence-corrected chi connectivity index (χ3v) is 3.36. The molecule has 10 nitrogen and oxygen atoms in total. The molecule has 0 bridgehead atoms. The van der Waals surface area contributed by atoms with E-state index in [9.17, 15) is 24.5 Å². The van der Waals surface area contributed by atoms with Gasteiger partial charge in [-0.15, -0.1) is 0 Å². The largest absolute Gasteiger partial charge is 0.477 e. The van der Waals surface area contributed by atoms with Gasteiger partial charge >= 0.3 is 5.69 Å². The molecule has 0 aliphatic rings. The Balaban J connectivity index is 2.17. The van der Waals surface area contributed by atoms with Crippen molar-refractivity contribution in [2.24, 2.45) is 5.73 Å². The number of Topliss-reactive ketones (excluding diaryl/α,β-unsaturated/α-hetero) is 1. The lowest BCUT2D eigenvalue weighted by Crippen LogP contribution is -2.23. The second-order valence-electron chi connectivity index (χ2n) is 5.22. The molecule has 10 heteroatoms. The van der Waals surface area contributed by atoms with Crippen LogP contribution in [0.15, 0.2) is 28.7 Å². The van der Waals surface area contributed by atoms with Crippen LogP contribution in [0.5, 0.6) is 5.75 Å². The van der Waals surface area contributed by atoms with E-state index in [4.69, 9.17) is 14.9 Å². The number of ketones is 1. The molecule has 3 N–H and O–H groups in total. The molecule has 0 unspecified atom stereocenters. The molecule has 26 heavy (non-hydrogen) atoms. The van der Waals surface area contributed by atoms with Gasteiger partial charge in [-0.3, -0.25) is 29.8 Å². The maximum atomic E-state index is 12.0. The minimum Gasteiger partial charge on any atom is -0.477 e. The molecule has 0 saturated heterocycles. The normalized spacial score (nSPS) is 10.2. The van der Waals surface area contributed by atoms with Gasteiger partial charge in [-0.2, -0.15) is 0 Å². The molecule has 0 aliphatic heterocycles. The highest BCUT2D eigenvalue weighted by Crippen LogP contribution is 2.28. The van der Waals surface area contributed by atoms with Crippen molar-refractivity contribution in [1.82, 2.24) is 0 Å². The number of furan rings is 1. The molecule has 136 valence electrons. The maximum absolute atomic E-state index is 12.0. The fraction of sp³-hybridized carbons (Fsp3) is 0.188. The Morgan fingerprint density at radius 3 is 2.50 bits per heavy atom. The summed E-state index contributed by atoms with van der Waals surface area (Å²) in [6, 6.07) is 5.54. The summed E-state index contributed by atoms with van der Waals surface area (Å²) in [6.07, 6.45) is 0. The Morgan fingerprint density at radius 2 is 1.92 bits per heavy atom. The van der Waals surface area contributed by atoms with Crippen LogP contribution in [0.4, 0.5) is 11.6 Å². The third kappa shape index (κ3) is 3.86. The molecule has 1 aromatic carbocycles. The first-order chi connectivity index (χ1) is 12.2. The average Bonchev–Trinajstić information content (AvgIpc) is 2.89. The highest BCUT2D eigenvalue weighted by atomic mass is 16.6. The van der Waals surface area contributed by atoms with Gasteiger partial charge in [-0.25, -0.2) is 0 Å². The zero-order valence-corrected chi connectivity index (χ0v) is 13.9. The van der Waals surface area contributed by atoms with E-state index in [0.29, 0.717) is 0 Å². The van der Waals surface area contributed by atoms with Gasteiger partial charge in [0.15, 0.2) is 18.1 Å². The monoisotopic (exact) mass is 361 g/mol. The van der Waals surface area contributed by atoms with E-state index in [1.807, 2.05) is 0 Å². The number of para-hydroxylation sites is 2. The van der Waals surface area contributed by atoms with Crippen LogP contribution in [0, 0.1) is 17.0 Å². The lowest BCUT2D eigenvalue weighted by atomic mass is 10.1. The highest BCUT2D eigenvalue weighted by Gasteiger charge is 2.26. The van der Waals surface area contributed by atoms with E-state index >= 15 is 0 Å². The van der Waals surface area contributed by atoms with Gasteiger partial charge in [0, 0.05) is 6.07 Å². The van der Waals surface area contributed by atoms with Crippen LogP contribution in [0.1, 0.15) is 33.4 Å². The Kier molecular flexibility index (Phi) is 5.36. The molecule has 2 amide bonds. The van der Waals surface area contributed by atoms with E-state index in [1.165, 1.54) is 38.1 Å². The van der Waals surface area contributed by atoms with Crippen molar-refractivity contribution in [1.29, 1.82) is 0 Å². The molecule has 0 saturated carbocycles. The summed E-state index contributed by atoms with van der Waals surface area (Å²) in [5, 5.41) is 13.2. The van der Waals surface area contributed by atoms with Crippen molar-refractivity contribution in [2.75, 3.05) is 11.9 Å². The standard InChI is InChI=1S/C16H15N3O7/c1-8(20)13-9(2)26-16(14(13)15(17)22)18-12(21)7-25-11-6-4-3-5-10(11)19(23)24/h3-6H,7H2,1-2H3,(H2,17,22)(H,18,21). The Hall–Kier alpha value is -3.69. The number of primary amides is 1. The van der Waals surface area contributed by atoms with Crippen LogP contribution in [-0.4, -0.2) is 29.1 Å². The molecule has 2 aromatic rings. The van der Waals surface area contributed by atoms with Crippen LogP contribution in [0.25, 0.3) is 0 Å². The summed E-state index contributed by atoms with van der Waals surface area (Å²) in [4.78, 5) is 45.5. The summed E-state index contributed by atoms with van der Waals surface area (Å²) in [5.74, 6) is -2.39. The lowest BCUT2D eigenvalue weighted by Gasteiger charge is -2.07. The van der Waals surface area contributed by atoms with Gasteiger partial charge in [0.1, 0.15) is 11.3 Å². The number of benzene rings is 1. The molecular formula is C16H15N3O7. The van der Waals surface area contributed by atoms with Crippen LogP contribution < -0.4 is 15.8 Å². The van der Waals surface area contributed by atoms with Gasteiger partial charge in [0.05, 0.1) is 10.5 Å². The number of hydrogen-bond acceptors (Lipinski definition) is 7. The summed E-state index contributed by atoms with van der Waals surface area (Å²) in [7, 11) is 0. The van der Waals surface area contributed by atoms with Crippen LogP contribution in [0.2, 0.25) is 0 Å². The molecule has 0 spiro atoms. The fourth-order valence-corrected chi connectivity index (χ4v) is 2.33. The molecule has 0 atom stereocenters. The minimum absolute atomic E-state index is 0.0209. The predicted molar refractivity (Wildman–Crippen MR) is 89.2 cm³/mol. The third-order valence-electron chi connectivity index (χ3n) is 3.36. The zero-order chi connectivity index (χ0) is 19.4. The first kappa shape index (κ1) is 18.6. The number of anilines is 1. The highest BCUT2D eigenvalue weighted by molar-refractivity contribution is 6.12. The van der Waals surface area contributed by atoms with Crippen molar-refractivity contribution >= 4 is 29.2 Å². The summed E-state index contributed by atoms with van der Waals surface area (Å²) < 4.78 is 10.4. The van der Waals surface area contributed by atoms with Crippen LogP contribution in [-0.2, 0) is 4.79 Å². The number of rotatable bonds is 7. The molecular weight excluding hydrogens is 346 g/mol. The van der Waals surface area contributed by atoms with Crippen molar-refractivity contribution in [3.8, 4) is 5.75 Å². The van der Waals surface area contributed by atoms with Crippen molar-refractivity contribution < 1.29 is 28.5 Å². The molecule has 0 radical (unpaired) electrons. The maximum Gasteiger partial charge on any atom is 0.310 e. The van der Waals surface area contributed by atoms with Crippen LogP contribution in [0.3, 0.4) is 0 Å². The van der Waals surface area contributed by atoms with E-state index in [2.05, 4.69) is 5.32 Å². The predicted octanol–water partition coefficient (Wildman–Crippen LogP) is 1.82. The Bertz CT molecular complexity index is 901. The summed E-state index contributed by atoms with van der Waals surface area (Å²) in [6.45, 7) is 2.09. The van der Waals surface area contributed by atoms with Gasteiger partial charge in [0.2, 0.25) is 5.88 Å². The van der Waals surface area contributed by atoms with Crippen molar-refractivity contribution in [2.45, 2.75) is 13.8 Å². The number of nitro benzene ring substituents is 1. The number of nitrogens with one attached hydrogen (secondary N) is 1. The quantitative estimate of drug-likeness (QED) is 0.433. The first-order valence-electron chi connectivity index (χ1n) is 7.32. The van der Waals surface area contributed by atoms with E-state index in [1.54, 1.807) is 0 Å². The summed E-state index contributed by atoms with van der Waals surface area (Å²) in [5.41, 5.74) is 4.69. The van der Waals surface area contributed by atoms with Gasteiger partial charge in [-0.05, 0) is 19.9 Å². The SMILES string of the molecule is CC(=O)c1c(C)oc(NC(=O)COc2ccccc2[N+](=O)[O-])c1C(N)=O. The second kappa shape index (κ2) is 7.47. The van der Waals surface area contributed by atoms with E-state index in [-0.39, 0.29) is 34.2 Å². The fourth-order valence-electron chi connectivity index (χ4n) is 2.33. The molecule has 1 aromatic heterocycles. The number of carbonyl (C=O) groups excluding carboxylic acids is 3. The second-order valence-corrected chi connectivity index (χ2v) is 5.22. The number of aryl methyl sites for hydroxylation is 1. The topological polar surface area (TPSA) is 155 Å². The van der Waals surface area contributed by atoms with Crippen molar-refractivity contribution in [3.05, 3.63) is 51.3 Å². The Morgan fingerprint density at radius 1 is 1.27 bits per heavy atom. The van der Waals surface area contributed by atoms with E-state index in [0.717, 1.165) is 0 Å². The summed E-state index contributed by atoms with van der Waals surface area (Å²) >= 11 is 0. The van der Waals surface area contributed by atoms with Gasteiger partial charge in [0.25, 0.3) is 11.8 Å². The number of nitrogens with two attached hydrogens (primary N) is 1. The van der Waals surface area contributed by atoms with Crippen molar-refractivity contribution in [3.63, 3.8) is 0 Å². The number of nitro groups is 1.